The van der Waals surface area contributed by atoms with Gasteiger partial charge < -0.3 is 9.80 Å². The minimum atomic E-state index is 0.298. The third-order valence-corrected chi connectivity index (χ3v) is 7.03. The number of piperidine rings is 1. The molecule has 5 rings (SSSR count). The molecule has 1 unspecified atom stereocenters. The highest BCUT2D eigenvalue weighted by molar-refractivity contribution is 5.78. The molecule has 2 saturated heterocycles. The number of nitrogens with zero attached hydrogens (tertiary/aromatic N) is 6. The molecule has 0 spiro atoms. The number of amides is 1. The van der Waals surface area contributed by atoms with E-state index in [2.05, 4.69) is 31.9 Å². The SMILES string of the molecule is Cc1cc(-n2cc3c(n2)CCN(CC(=O)N2CCCC(CN4CCCC4)C2)C3)ccn1. The summed E-state index contributed by atoms with van der Waals surface area (Å²) in [6, 6.07) is 4.04. The monoisotopic (exact) mass is 422 g/mol. The fraction of sp³-hybridized carbons (Fsp3) is 0.625. The van der Waals surface area contributed by atoms with Gasteiger partial charge >= 0.3 is 0 Å². The topological polar surface area (TPSA) is 57.5 Å². The molecule has 31 heavy (non-hydrogen) atoms. The van der Waals surface area contributed by atoms with Gasteiger partial charge in [-0.25, -0.2) is 4.68 Å². The second kappa shape index (κ2) is 9.09. The Morgan fingerprint density at radius 2 is 2.00 bits per heavy atom. The summed E-state index contributed by atoms with van der Waals surface area (Å²) in [5.74, 6) is 0.942. The first-order valence-electron chi connectivity index (χ1n) is 11.9. The van der Waals surface area contributed by atoms with Gasteiger partial charge in [-0.2, -0.15) is 5.10 Å². The van der Waals surface area contributed by atoms with Gasteiger partial charge in [-0.1, -0.05) is 0 Å². The van der Waals surface area contributed by atoms with Crippen LogP contribution in [0.1, 0.15) is 42.6 Å². The molecule has 1 amide bonds. The molecule has 0 radical (unpaired) electrons. The maximum atomic E-state index is 13.1. The summed E-state index contributed by atoms with van der Waals surface area (Å²) in [6.07, 6.45) is 9.93. The lowest BCUT2D eigenvalue weighted by molar-refractivity contribution is -0.134. The Bertz CT molecular complexity index is 919. The highest BCUT2D eigenvalue weighted by Crippen LogP contribution is 2.22. The largest absolute Gasteiger partial charge is 0.341 e. The van der Waals surface area contributed by atoms with Crippen LogP contribution in [0.5, 0.6) is 0 Å². The Balaban J connectivity index is 1.17. The molecule has 0 bridgehead atoms. The fourth-order valence-corrected chi connectivity index (χ4v) is 5.37. The van der Waals surface area contributed by atoms with E-state index in [-0.39, 0.29) is 0 Å². The third kappa shape index (κ3) is 4.83. The zero-order valence-electron chi connectivity index (χ0n) is 18.7. The third-order valence-electron chi connectivity index (χ3n) is 7.03. The minimum absolute atomic E-state index is 0.298. The Kier molecular flexibility index (Phi) is 6.05. The summed E-state index contributed by atoms with van der Waals surface area (Å²) < 4.78 is 1.96. The number of rotatable bonds is 5. The van der Waals surface area contributed by atoms with Crippen molar-refractivity contribution >= 4 is 5.91 Å². The second-order valence-electron chi connectivity index (χ2n) is 9.52. The Labute approximate surface area is 185 Å². The number of fused-ring (bicyclic) bond motifs is 1. The number of hydrogen-bond acceptors (Lipinski definition) is 5. The predicted molar refractivity (Wildman–Crippen MR) is 120 cm³/mol. The normalized spacial score (nSPS) is 22.6. The molecule has 0 saturated carbocycles. The number of hydrogen-bond donors (Lipinski definition) is 0. The van der Waals surface area contributed by atoms with Crippen molar-refractivity contribution in [1.29, 1.82) is 0 Å². The molecule has 5 heterocycles. The number of aromatic nitrogens is 3. The first-order chi connectivity index (χ1) is 15.1. The smallest absolute Gasteiger partial charge is 0.236 e. The van der Waals surface area contributed by atoms with E-state index in [1.807, 2.05) is 23.9 Å². The van der Waals surface area contributed by atoms with Crippen LogP contribution in [0.3, 0.4) is 0 Å². The zero-order chi connectivity index (χ0) is 21.2. The first-order valence-corrected chi connectivity index (χ1v) is 11.9. The summed E-state index contributed by atoms with van der Waals surface area (Å²) in [5, 5.41) is 4.79. The lowest BCUT2D eigenvalue weighted by Gasteiger charge is -2.36. The summed E-state index contributed by atoms with van der Waals surface area (Å²) >= 11 is 0. The van der Waals surface area contributed by atoms with E-state index in [0.717, 1.165) is 56.1 Å². The molecule has 7 nitrogen and oxygen atoms in total. The molecule has 0 N–H and O–H groups in total. The van der Waals surface area contributed by atoms with E-state index in [1.54, 1.807) is 0 Å². The van der Waals surface area contributed by atoms with Gasteiger partial charge in [0.05, 0.1) is 17.9 Å². The van der Waals surface area contributed by atoms with Crippen molar-refractivity contribution in [3.8, 4) is 5.69 Å². The van der Waals surface area contributed by atoms with Crippen molar-refractivity contribution in [3.63, 3.8) is 0 Å². The van der Waals surface area contributed by atoms with Gasteiger partial charge in [0, 0.05) is 62.8 Å². The van der Waals surface area contributed by atoms with Crippen LogP contribution in [0, 0.1) is 12.8 Å². The summed E-state index contributed by atoms with van der Waals surface area (Å²) in [6.45, 7) is 9.74. The maximum absolute atomic E-state index is 13.1. The maximum Gasteiger partial charge on any atom is 0.236 e. The second-order valence-corrected chi connectivity index (χ2v) is 9.52. The van der Waals surface area contributed by atoms with Crippen LogP contribution < -0.4 is 0 Å². The molecule has 166 valence electrons. The van der Waals surface area contributed by atoms with Crippen LogP contribution in [0.25, 0.3) is 5.69 Å². The van der Waals surface area contributed by atoms with Crippen LogP contribution in [-0.2, 0) is 17.8 Å². The highest BCUT2D eigenvalue weighted by Gasteiger charge is 2.28. The fourth-order valence-electron chi connectivity index (χ4n) is 5.37. The average Bonchev–Trinajstić information content (AvgIpc) is 3.43. The lowest BCUT2D eigenvalue weighted by atomic mass is 9.97. The van der Waals surface area contributed by atoms with Crippen molar-refractivity contribution in [2.75, 3.05) is 45.8 Å². The van der Waals surface area contributed by atoms with Gasteiger partial charge in [-0.05, 0) is 63.7 Å². The molecule has 3 aliphatic rings. The number of likely N-dealkylation sites (tertiary alicyclic amines) is 2. The van der Waals surface area contributed by atoms with Crippen molar-refractivity contribution in [1.82, 2.24) is 29.5 Å². The van der Waals surface area contributed by atoms with E-state index >= 15 is 0 Å². The molecular weight excluding hydrogens is 388 g/mol. The van der Waals surface area contributed by atoms with Crippen LogP contribution >= 0.6 is 0 Å². The van der Waals surface area contributed by atoms with Crippen LogP contribution in [0.2, 0.25) is 0 Å². The van der Waals surface area contributed by atoms with E-state index in [9.17, 15) is 4.79 Å². The van der Waals surface area contributed by atoms with Crippen molar-refractivity contribution in [3.05, 3.63) is 41.5 Å². The minimum Gasteiger partial charge on any atom is -0.341 e. The Hall–Kier alpha value is -2.25. The van der Waals surface area contributed by atoms with Crippen LogP contribution in [0.4, 0.5) is 0 Å². The predicted octanol–water partition coefficient (Wildman–Crippen LogP) is 2.27. The number of aryl methyl sites for hydroxylation is 1. The van der Waals surface area contributed by atoms with Gasteiger partial charge in [-0.3, -0.25) is 14.7 Å². The molecule has 0 aromatic carbocycles. The molecule has 0 aliphatic carbocycles. The molecule has 2 aromatic heterocycles. The van der Waals surface area contributed by atoms with E-state index in [1.165, 1.54) is 44.5 Å². The summed E-state index contributed by atoms with van der Waals surface area (Å²) in [7, 11) is 0. The van der Waals surface area contributed by atoms with E-state index < -0.39 is 0 Å². The van der Waals surface area contributed by atoms with Gasteiger partial charge in [0.1, 0.15) is 0 Å². The average molecular weight is 423 g/mol. The standard InChI is InChI=1S/C24H34N6O/c1-19-13-22(6-8-25-19)30-17-21-16-28(12-7-23(21)26-30)18-24(31)29-11-4-5-20(15-29)14-27-9-2-3-10-27/h6,8,13,17,20H,2-5,7,9-12,14-16,18H2,1H3. The molecule has 2 fully saturated rings. The van der Waals surface area contributed by atoms with Gasteiger partial charge in [0.2, 0.25) is 5.91 Å². The number of carbonyl (C=O) groups excluding carboxylic acids is 1. The number of pyridine rings is 1. The molecule has 2 aromatic rings. The lowest BCUT2D eigenvalue weighted by Crippen LogP contribution is -2.47. The molecule has 1 atom stereocenters. The highest BCUT2D eigenvalue weighted by atomic mass is 16.2. The van der Waals surface area contributed by atoms with Gasteiger partial charge in [0.25, 0.3) is 0 Å². The van der Waals surface area contributed by atoms with Gasteiger partial charge in [0.15, 0.2) is 0 Å². The Morgan fingerprint density at radius 1 is 1.13 bits per heavy atom. The van der Waals surface area contributed by atoms with Crippen LogP contribution in [0.15, 0.2) is 24.5 Å². The van der Waals surface area contributed by atoms with Crippen LogP contribution in [-0.4, -0.2) is 81.2 Å². The molecule has 7 heteroatoms. The Morgan fingerprint density at radius 3 is 2.84 bits per heavy atom. The van der Waals surface area contributed by atoms with E-state index in [4.69, 9.17) is 5.10 Å². The van der Waals surface area contributed by atoms with Crippen molar-refractivity contribution < 1.29 is 4.79 Å². The van der Waals surface area contributed by atoms with Crippen molar-refractivity contribution in [2.45, 2.75) is 45.6 Å². The number of carbonyl (C=O) groups is 1. The quantitative estimate of drug-likeness (QED) is 0.740. The zero-order valence-corrected chi connectivity index (χ0v) is 18.7. The van der Waals surface area contributed by atoms with Gasteiger partial charge in [-0.15, -0.1) is 0 Å². The summed E-state index contributed by atoms with van der Waals surface area (Å²) in [5.41, 5.74) is 4.42. The summed E-state index contributed by atoms with van der Waals surface area (Å²) in [4.78, 5) is 24.4. The molecule has 3 aliphatic heterocycles. The van der Waals surface area contributed by atoms with Crippen molar-refractivity contribution in [2.24, 2.45) is 5.92 Å². The van der Waals surface area contributed by atoms with E-state index in [0.29, 0.717) is 18.4 Å². The molecular formula is C24H34N6O. The first kappa shape index (κ1) is 20.6.